The molecular formula is C18H19NO7S. The number of hydrogen-bond acceptors (Lipinski definition) is 7. The van der Waals surface area contributed by atoms with E-state index in [0.29, 0.717) is 6.61 Å². The van der Waals surface area contributed by atoms with Crippen LogP contribution in [0.2, 0.25) is 0 Å². The molecule has 0 radical (unpaired) electrons. The molecule has 0 bridgehead atoms. The maximum Gasteiger partial charge on any atom is 0.377 e. The summed E-state index contributed by atoms with van der Waals surface area (Å²) in [5.74, 6) is -1.61. The molecule has 0 saturated heterocycles. The van der Waals surface area contributed by atoms with Gasteiger partial charge in [-0.15, -0.1) is 0 Å². The highest BCUT2D eigenvalue weighted by Gasteiger charge is 2.31. The van der Waals surface area contributed by atoms with Crippen LogP contribution in [-0.4, -0.2) is 56.8 Å². The molecule has 0 saturated carbocycles. The van der Waals surface area contributed by atoms with Crippen LogP contribution >= 0.6 is 0 Å². The predicted molar refractivity (Wildman–Crippen MR) is 94.7 cm³/mol. The number of ether oxygens (including phenoxy) is 3. The summed E-state index contributed by atoms with van der Waals surface area (Å²) >= 11 is 0. The summed E-state index contributed by atoms with van der Waals surface area (Å²) in [5.41, 5.74) is 0.835. The summed E-state index contributed by atoms with van der Waals surface area (Å²) in [6.45, 7) is 0.226. The summed E-state index contributed by atoms with van der Waals surface area (Å²) in [4.78, 5) is 26.0. The molecular weight excluding hydrogens is 374 g/mol. The number of rotatable bonds is 6. The fraction of sp³-hybridized carbons (Fsp3) is 0.333. The van der Waals surface area contributed by atoms with Gasteiger partial charge in [0.05, 0.1) is 11.8 Å². The Labute approximate surface area is 156 Å². The van der Waals surface area contributed by atoms with Gasteiger partial charge in [0, 0.05) is 12.0 Å². The second-order valence-electron chi connectivity index (χ2n) is 6.01. The highest BCUT2D eigenvalue weighted by molar-refractivity contribution is 7.94. The number of hydrogen-bond donors (Lipinski definition) is 0. The molecule has 27 heavy (non-hydrogen) atoms. The SMILES string of the molecule is O=C(OCC(=O)N(Cc1ccccc1)[C@H]1C=CS(=O)(=O)C1)C1=COCCO1. The summed E-state index contributed by atoms with van der Waals surface area (Å²) in [7, 11) is -3.34. The molecule has 2 aliphatic heterocycles. The zero-order valence-electron chi connectivity index (χ0n) is 14.4. The number of benzene rings is 1. The van der Waals surface area contributed by atoms with Crippen LogP contribution in [0.15, 0.2) is 53.8 Å². The van der Waals surface area contributed by atoms with Gasteiger partial charge in [0.1, 0.15) is 19.5 Å². The van der Waals surface area contributed by atoms with Gasteiger partial charge in [0.25, 0.3) is 5.91 Å². The lowest BCUT2D eigenvalue weighted by Crippen LogP contribution is -2.42. The summed E-state index contributed by atoms with van der Waals surface area (Å²) in [6, 6.07) is 8.54. The lowest BCUT2D eigenvalue weighted by Gasteiger charge is -2.27. The average molecular weight is 393 g/mol. The van der Waals surface area contributed by atoms with E-state index in [1.54, 1.807) is 0 Å². The van der Waals surface area contributed by atoms with Crippen molar-refractivity contribution in [3.05, 3.63) is 59.4 Å². The quantitative estimate of drug-likeness (QED) is 0.658. The highest BCUT2D eigenvalue weighted by atomic mass is 32.2. The minimum Gasteiger partial charge on any atom is -0.493 e. The first-order valence-electron chi connectivity index (χ1n) is 8.31. The van der Waals surface area contributed by atoms with E-state index in [0.717, 1.165) is 17.2 Å². The Hall–Kier alpha value is -2.81. The van der Waals surface area contributed by atoms with Crippen LogP contribution in [0, 0.1) is 0 Å². The number of nitrogens with zero attached hydrogens (tertiary/aromatic N) is 1. The van der Waals surface area contributed by atoms with Crippen LogP contribution in [0.5, 0.6) is 0 Å². The molecule has 0 N–H and O–H groups in total. The number of carbonyl (C=O) groups excluding carboxylic acids is 2. The van der Waals surface area contributed by atoms with Crippen LogP contribution in [0.3, 0.4) is 0 Å². The lowest BCUT2D eigenvalue weighted by molar-refractivity contribution is -0.153. The first kappa shape index (κ1) is 19.0. The van der Waals surface area contributed by atoms with Gasteiger partial charge in [0.15, 0.2) is 16.4 Å². The third-order valence-electron chi connectivity index (χ3n) is 4.00. The largest absolute Gasteiger partial charge is 0.493 e. The molecule has 1 aromatic carbocycles. The van der Waals surface area contributed by atoms with Crippen molar-refractivity contribution >= 4 is 21.7 Å². The minimum absolute atomic E-state index is 0.105. The smallest absolute Gasteiger partial charge is 0.377 e. The molecule has 1 atom stereocenters. The standard InChI is InChI=1S/C18H19NO7S/c20-17(12-26-18(21)16-11-24-7-8-25-16)19(10-14-4-2-1-3-5-14)15-6-9-27(22,23)13-15/h1-6,9,11,15H,7-8,10,12-13H2/t15-/m0/s1. The fourth-order valence-electron chi connectivity index (χ4n) is 2.68. The van der Waals surface area contributed by atoms with Gasteiger partial charge >= 0.3 is 5.97 Å². The van der Waals surface area contributed by atoms with E-state index in [-0.39, 0.29) is 24.7 Å². The van der Waals surface area contributed by atoms with E-state index < -0.39 is 34.4 Å². The Morgan fingerprint density at radius 2 is 1.96 bits per heavy atom. The Balaban J connectivity index is 1.68. The van der Waals surface area contributed by atoms with Crippen LogP contribution in [0.1, 0.15) is 5.56 Å². The maximum absolute atomic E-state index is 12.7. The van der Waals surface area contributed by atoms with Crippen LogP contribution in [0.4, 0.5) is 0 Å². The van der Waals surface area contributed by atoms with Gasteiger partial charge in [-0.05, 0) is 11.6 Å². The number of esters is 1. The van der Waals surface area contributed by atoms with Gasteiger partial charge in [-0.1, -0.05) is 30.3 Å². The predicted octanol–water partition coefficient (Wildman–Crippen LogP) is 0.757. The number of amides is 1. The second kappa shape index (κ2) is 8.26. The second-order valence-corrected chi connectivity index (χ2v) is 7.94. The molecule has 9 heteroatoms. The zero-order chi connectivity index (χ0) is 19.3. The van der Waals surface area contributed by atoms with Gasteiger partial charge < -0.3 is 19.1 Å². The summed E-state index contributed by atoms with van der Waals surface area (Å²) < 4.78 is 38.6. The van der Waals surface area contributed by atoms with Crippen molar-refractivity contribution in [3.63, 3.8) is 0 Å². The average Bonchev–Trinajstić information content (AvgIpc) is 3.05. The molecule has 0 aromatic heterocycles. The molecule has 8 nitrogen and oxygen atoms in total. The molecule has 0 unspecified atom stereocenters. The first-order chi connectivity index (χ1) is 12.9. The van der Waals surface area contributed by atoms with Gasteiger partial charge in [-0.25, -0.2) is 13.2 Å². The van der Waals surface area contributed by atoms with E-state index in [9.17, 15) is 18.0 Å². The topological polar surface area (TPSA) is 99.2 Å². The van der Waals surface area contributed by atoms with Gasteiger partial charge in [-0.3, -0.25) is 4.79 Å². The Bertz CT molecular complexity index is 861. The molecule has 0 fully saturated rings. The first-order valence-corrected chi connectivity index (χ1v) is 10.0. The van der Waals surface area contributed by atoms with Crippen molar-refractivity contribution in [1.29, 1.82) is 0 Å². The van der Waals surface area contributed by atoms with E-state index in [4.69, 9.17) is 14.2 Å². The monoisotopic (exact) mass is 393 g/mol. The zero-order valence-corrected chi connectivity index (χ0v) is 15.3. The molecule has 3 rings (SSSR count). The van der Waals surface area contributed by atoms with E-state index in [1.807, 2.05) is 30.3 Å². The van der Waals surface area contributed by atoms with Crippen molar-refractivity contribution in [1.82, 2.24) is 4.90 Å². The van der Waals surface area contributed by atoms with Crippen LogP contribution in [-0.2, 0) is 40.2 Å². The van der Waals surface area contributed by atoms with Gasteiger partial charge in [-0.2, -0.15) is 0 Å². The van der Waals surface area contributed by atoms with Crippen molar-refractivity contribution in [2.45, 2.75) is 12.6 Å². The Morgan fingerprint density at radius 3 is 2.59 bits per heavy atom. The van der Waals surface area contributed by atoms with E-state index >= 15 is 0 Å². The van der Waals surface area contributed by atoms with Gasteiger partial charge in [0.2, 0.25) is 5.76 Å². The fourth-order valence-corrected chi connectivity index (χ4v) is 3.98. The maximum atomic E-state index is 12.7. The summed E-state index contributed by atoms with van der Waals surface area (Å²) in [6.07, 6.45) is 2.61. The molecule has 0 spiro atoms. The van der Waals surface area contributed by atoms with Crippen molar-refractivity contribution < 1.29 is 32.2 Å². The molecule has 1 amide bonds. The number of sulfone groups is 1. The highest BCUT2D eigenvalue weighted by Crippen LogP contribution is 2.18. The van der Waals surface area contributed by atoms with Crippen LogP contribution in [0.25, 0.3) is 0 Å². The van der Waals surface area contributed by atoms with Crippen LogP contribution < -0.4 is 0 Å². The Morgan fingerprint density at radius 1 is 1.19 bits per heavy atom. The summed E-state index contributed by atoms with van der Waals surface area (Å²) in [5, 5.41) is 1.10. The third-order valence-corrected chi connectivity index (χ3v) is 5.38. The lowest BCUT2D eigenvalue weighted by atomic mass is 10.2. The molecule has 2 aliphatic rings. The third kappa shape index (κ3) is 5.10. The minimum atomic E-state index is -3.34. The van der Waals surface area contributed by atoms with Crippen molar-refractivity contribution in [2.75, 3.05) is 25.6 Å². The molecule has 1 aromatic rings. The normalized spacial score (nSPS) is 20.1. The van der Waals surface area contributed by atoms with E-state index in [2.05, 4.69) is 0 Å². The van der Waals surface area contributed by atoms with Crippen molar-refractivity contribution in [2.24, 2.45) is 0 Å². The molecule has 2 heterocycles. The Kier molecular flexibility index (Phi) is 5.80. The van der Waals surface area contributed by atoms with Crippen molar-refractivity contribution in [3.8, 4) is 0 Å². The molecule has 144 valence electrons. The number of carbonyl (C=O) groups is 2. The molecule has 0 aliphatic carbocycles. The van der Waals surface area contributed by atoms with E-state index in [1.165, 1.54) is 11.0 Å².